The number of benzene rings is 2. The van der Waals surface area contributed by atoms with Crippen LogP contribution in [0, 0.1) is 6.92 Å². The number of likely N-dealkylation sites (tertiary alicyclic amines) is 1. The summed E-state index contributed by atoms with van der Waals surface area (Å²) in [6, 6.07) is 12.6. The van der Waals surface area contributed by atoms with E-state index in [1.807, 2.05) is 31.2 Å². The third kappa shape index (κ3) is 4.72. The number of carbonyl (C=O) groups is 3. The van der Waals surface area contributed by atoms with Gasteiger partial charge >= 0.3 is 0 Å². The Morgan fingerprint density at radius 3 is 2.65 bits per heavy atom. The lowest BCUT2D eigenvalue weighted by Gasteiger charge is -2.36. The van der Waals surface area contributed by atoms with E-state index in [2.05, 4.69) is 5.32 Å². The summed E-state index contributed by atoms with van der Waals surface area (Å²) >= 11 is 7.32. The van der Waals surface area contributed by atoms with Crippen LogP contribution in [0.25, 0.3) is 0 Å². The molecule has 2 aromatic carbocycles. The molecule has 31 heavy (non-hydrogen) atoms. The first-order valence-corrected chi connectivity index (χ1v) is 11.6. The average molecular weight is 458 g/mol. The molecule has 0 saturated carbocycles. The fourth-order valence-electron chi connectivity index (χ4n) is 3.88. The Kier molecular flexibility index (Phi) is 6.53. The largest absolute Gasteiger partial charge is 0.341 e. The third-order valence-electron chi connectivity index (χ3n) is 5.56. The number of fused-ring (bicyclic) bond motifs is 1. The van der Waals surface area contributed by atoms with Crippen molar-refractivity contribution in [3.05, 3.63) is 53.1 Å². The molecule has 1 saturated heterocycles. The van der Waals surface area contributed by atoms with Crippen LogP contribution in [-0.2, 0) is 14.4 Å². The molecule has 1 fully saturated rings. The van der Waals surface area contributed by atoms with Crippen LogP contribution >= 0.6 is 23.4 Å². The number of hydrogen-bond acceptors (Lipinski definition) is 4. The van der Waals surface area contributed by atoms with Crippen molar-refractivity contribution < 1.29 is 14.4 Å². The van der Waals surface area contributed by atoms with E-state index >= 15 is 0 Å². The van der Waals surface area contributed by atoms with Gasteiger partial charge in [0.15, 0.2) is 5.25 Å². The van der Waals surface area contributed by atoms with Crippen LogP contribution in [0.1, 0.15) is 24.8 Å². The number of piperidine rings is 1. The fraction of sp³-hybridized carbons (Fsp3) is 0.348. The van der Waals surface area contributed by atoms with Crippen LogP contribution in [-0.4, -0.2) is 47.5 Å². The van der Waals surface area contributed by atoms with Crippen molar-refractivity contribution in [2.75, 3.05) is 29.9 Å². The van der Waals surface area contributed by atoms with Crippen molar-refractivity contribution in [1.82, 2.24) is 4.90 Å². The topological polar surface area (TPSA) is 69.7 Å². The van der Waals surface area contributed by atoms with Gasteiger partial charge in [-0.1, -0.05) is 29.8 Å². The molecule has 2 aliphatic heterocycles. The standard InChI is InChI=1S/C23H24ClN3O3S/c1-15-9-10-16(24)13-17(15)25-20(28)14-27-18-7-3-4-8-19(18)31-21(23(27)30)22(29)26-11-5-2-6-12-26/h3-4,7-10,13,21H,2,5-6,11-12,14H2,1H3,(H,25,28)/t21-/m1/s1. The smallest absolute Gasteiger partial charge is 0.250 e. The van der Waals surface area contributed by atoms with Gasteiger partial charge in [0.1, 0.15) is 6.54 Å². The highest BCUT2D eigenvalue weighted by Crippen LogP contribution is 2.40. The van der Waals surface area contributed by atoms with E-state index in [0.29, 0.717) is 29.5 Å². The number of hydrogen-bond donors (Lipinski definition) is 1. The van der Waals surface area contributed by atoms with E-state index in [1.54, 1.807) is 23.1 Å². The summed E-state index contributed by atoms with van der Waals surface area (Å²) in [6.45, 7) is 3.06. The summed E-state index contributed by atoms with van der Waals surface area (Å²) in [7, 11) is 0. The summed E-state index contributed by atoms with van der Waals surface area (Å²) in [6.07, 6.45) is 3.02. The van der Waals surface area contributed by atoms with Gasteiger partial charge in [0, 0.05) is 28.7 Å². The first-order valence-electron chi connectivity index (χ1n) is 10.4. The van der Waals surface area contributed by atoms with E-state index in [-0.39, 0.29) is 24.3 Å². The summed E-state index contributed by atoms with van der Waals surface area (Å²) in [4.78, 5) is 43.3. The lowest BCUT2D eigenvalue weighted by Crippen LogP contribution is -2.52. The van der Waals surface area contributed by atoms with Crippen LogP contribution < -0.4 is 10.2 Å². The SMILES string of the molecule is Cc1ccc(Cl)cc1NC(=O)CN1C(=O)[C@@H](C(=O)N2CCCCC2)Sc2ccccc21. The van der Waals surface area contributed by atoms with Crippen molar-refractivity contribution in [3.8, 4) is 0 Å². The average Bonchev–Trinajstić information content (AvgIpc) is 2.78. The summed E-state index contributed by atoms with van der Waals surface area (Å²) in [5.41, 5.74) is 2.13. The zero-order valence-corrected chi connectivity index (χ0v) is 18.8. The Hall–Kier alpha value is -2.51. The number of amides is 3. The van der Waals surface area contributed by atoms with Crippen molar-refractivity contribution in [3.63, 3.8) is 0 Å². The number of anilines is 2. The molecule has 0 radical (unpaired) electrons. The number of nitrogens with one attached hydrogen (secondary N) is 1. The Morgan fingerprint density at radius 2 is 1.87 bits per heavy atom. The number of para-hydroxylation sites is 1. The van der Waals surface area contributed by atoms with Gasteiger partial charge in [-0.2, -0.15) is 0 Å². The zero-order chi connectivity index (χ0) is 22.0. The minimum atomic E-state index is -0.867. The molecule has 1 atom stereocenters. The normalized spacial score (nSPS) is 18.5. The maximum absolute atomic E-state index is 13.3. The van der Waals surface area contributed by atoms with Gasteiger partial charge in [-0.25, -0.2) is 0 Å². The molecule has 6 nitrogen and oxygen atoms in total. The van der Waals surface area contributed by atoms with Crippen molar-refractivity contribution >= 4 is 52.5 Å². The highest BCUT2D eigenvalue weighted by atomic mass is 35.5. The van der Waals surface area contributed by atoms with E-state index in [4.69, 9.17) is 11.6 Å². The van der Waals surface area contributed by atoms with E-state index in [9.17, 15) is 14.4 Å². The minimum Gasteiger partial charge on any atom is -0.341 e. The van der Waals surface area contributed by atoms with E-state index in [1.165, 1.54) is 16.7 Å². The number of rotatable bonds is 4. The first-order chi connectivity index (χ1) is 14.9. The summed E-state index contributed by atoms with van der Waals surface area (Å²) in [5.74, 6) is -0.859. The highest BCUT2D eigenvalue weighted by Gasteiger charge is 2.41. The molecule has 2 aliphatic rings. The number of carbonyl (C=O) groups excluding carboxylic acids is 3. The number of halogens is 1. The molecule has 2 heterocycles. The molecule has 1 N–H and O–H groups in total. The minimum absolute atomic E-state index is 0.166. The monoisotopic (exact) mass is 457 g/mol. The molecule has 3 amide bonds. The van der Waals surface area contributed by atoms with Gasteiger partial charge in [0.2, 0.25) is 11.8 Å². The van der Waals surface area contributed by atoms with Crippen LogP contribution in [0.15, 0.2) is 47.4 Å². The van der Waals surface area contributed by atoms with Crippen LogP contribution in [0.3, 0.4) is 0 Å². The molecule has 162 valence electrons. The molecule has 2 aromatic rings. The van der Waals surface area contributed by atoms with Gasteiger partial charge in [-0.05, 0) is 56.0 Å². The number of thioether (sulfide) groups is 1. The maximum Gasteiger partial charge on any atom is 0.250 e. The molecular weight excluding hydrogens is 434 g/mol. The molecule has 0 spiro atoms. The lowest BCUT2D eigenvalue weighted by atomic mass is 10.1. The van der Waals surface area contributed by atoms with Gasteiger partial charge in [-0.3, -0.25) is 14.4 Å². The van der Waals surface area contributed by atoms with Gasteiger partial charge in [0.05, 0.1) is 5.69 Å². The molecule has 0 unspecified atom stereocenters. The van der Waals surface area contributed by atoms with Gasteiger partial charge < -0.3 is 15.1 Å². The molecular formula is C23H24ClN3O3S. The fourth-order valence-corrected chi connectivity index (χ4v) is 5.24. The summed E-state index contributed by atoms with van der Waals surface area (Å²) in [5, 5.41) is 2.49. The van der Waals surface area contributed by atoms with E-state index < -0.39 is 5.25 Å². The maximum atomic E-state index is 13.3. The third-order valence-corrected chi connectivity index (χ3v) is 7.03. The first kappa shape index (κ1) is 21.7. The van der Waals surface area contributed by atoms with Crippen LogP contribution in [0.4, 0.5) is 11.4 Å². The van der Waals surface area contributed by atoms with Crippen molar-refractivity contribution in [2.24, 2.45) is 0 Å². The van der Waals surface area contributed by atoms with Crippen molar-refractivity contribution in [1.29, 1.82) is 0 Å². The van der Waals surface area contributed by atoms with Crippen LogP contribution in [0.2, 0.25) is 5.02 Å². The second-order valence-corrected chi connectivity index (χ2v) is 9.37. The highest BCUT2D eigenvalue weighted by molar-refractivity contribution is 8.01. The van der Waals surface area contributed by atoms with Gasteiger partial charge in [-0.15, -0.1) is 11.8 Å². The molecule has 0 aliphatic carbocycles. The number of nitrogens with zero attached hydrogens (tertiary/aromatic N) is 2. The Morgan fingerprint density at radius 1 is 1.13 bits per heavy atom. The number of aryl methyl sites for hydroxylation is 1. The molecule has 8 heteroatoms. The predicted octanol–water partition coefficient (Wildman–Crippen LogP) is 4.11. The van der Waals surface area contributed by atoms with Crippen molar-refractivity contribution in [2.45, 2.75) is 36.3 Å². The quantitative estimate of drug-likeness (QED) is 0.701. The zero-order valence-electron chi connectivity index (χ0n) is 17.3. The molecule has 0 aromatic heterocycles. The Balaban J connectivity index is 1.56. The molecule has 4 rings (SSSR count). The Labute approximate surface area is 190 Å². The van der Waals surface area contributed by atoms with Crippen LogP contribution in [0.5, 0.6) is 0 Å². The second kappa shape index (κ2) is 9.32. The Bertz CT molecular complexity index is 1020. The molecule has 0 bridgehead atoms. The van der Waals surface area contributed by atoms with Gasteiger partial charge in [0.25, 0.3) is 5.91 Å². The van der Waals surface area contributed by atoms with E-state index in [0.717, 1.165) is 29.7 Å². The predicted molar refractivity (Wildman–Crippen MR) is 124 cm³/mol. The second-order valence-electron chi connectivity index (χ2n) is 7.78. The summed E-state index contributed by atoms with van der Waals surface area (Å²) < 4.78 is 0. The lowest BCUT2D eigenvalue weighted by molar-refractivity contribution is -0.135.